The number of hydrogen-bond donors (Lipinski definition) is 0. The number of benzene rings is 1. The third kappa shape index (κ3) is 3.63. The number of pyridine rings is 1. The summed E-state index contributed by atoms with van der Waals surface area (Å²) in [4.78, 5) is 15.5. The van der Waals surface area contributed by atoms with Crippen LogP contribution < -0.4 is 0 Å². The molecule has 5 rings (SSSR count). The molecule has 1 amide bonds. The predicted octanol–water partition coefficient (Wildman–Crippen LogP) is 4.22. The molecule has 4 aromatic rings. The van der Waals surface area contributed by atoms with Crippen molar-refractivity contribution in [1.82, 2.24) is 24.1 Å². The summed E-state index contributed by atoms with van der Waals surface area (Å²) in [5.74, 6) is 1.26. The molecule has 0 unspecified atom stereocenters. The number of aromatic nitrogens is 4. The van der Waals surface area contributed by atoms with E-state index in [0.717, 1.165) is 54.4 Å². The van der Waals surface area contributed by atoms with E-state index in [4.69, 9.17) is 0 Å². The number of carbonyl (C=O) groups excluding carboxylic acids is 1. The fourth-order valence-electron chi connectivity index (χ4n) is 4.71. The van der Waals surface area contributed by atoms with Crippen LogP contribution in [0.25, 0.3) is 5.65 Å². The zero-order valence-corrected chi connectivity index (χ0v) is 18.0. The highest BCUT2D eigenvalue weighted by Crippen LogP contribution is 2.28. The van der Waals surface area contributed by atoms with E-state index in [2.05, 4.69) is 52.9 Å². The third-order valence-corrected chi connectivity index (χ3v) is 6.40. The molecule has 1 fully saturated rings. The van der Waals surface area contributed by atoms with Crippen molar-refractivity contribution >= 4 is 11.6 Å². The maximum Gasteiger partial charge on any atom is 0.255 e. The lowest BCUT2D eigenvalue weighted by Gasteiger charge is -2.32. The Kier molecular flexibility index (Phi) is 5.06. The third-order valence-electron chi connectivity index (χ3n) is 6.40. The van der Waals surface area contributed by atoms with Crippen LogP contribution in [0.2, 0.25) is 0 Å². The standard InChI is InChI=1S/C25H27N5O/c1-18-15-22(19(2)30(18)16-20-9-4-3-5-10-20)25(31)28-13-8-11-21(17-28)24-27-26-23-12-6-7-14-29(23)24/h3-7,9-10,12,14-15,21H,8,11,13,16-17H2,1-2H3/t21-/m0/s1. The number of piperidine rings is 1. The van der Waals surface area contributed by atoms with Gasteiger partial charge in [-0.15, -0.1) is 10.2 Å². The zero-order valence-electron chi connectivity index (χ0n) is 18.0. The van der Waals surface area contributed by atoms with Crippen molar-refractivity contribution < 1.29 is 4.79 Å². The Morgan fingerprint density at radius 2 is 1.87 bits per heavy atom. The fraction of sp³-hybridized carbons (Fsp3) is 0.320. The van der Waals surface area contributed by atoms with Crippen LogP contribution in [0.4, 0.5) is 0 Å². The van der Waals surface area contributed by atoms with Gasteiger partial charge in [0, 0.05) is 43.1 Å². The molecule has 3 aromatic heterocycles. The van der Waals surface area contributed by atoms with Crippen molar-refractivity contribution in [3.63, 3.8) is 0 Å². The molecule has 0 bridgehead atoms. The van der Waals surface area contributed by atoms with Crippen LogP contribution >= 0.6 is 0 Å². The first-order valence-corrected chi connectivity index (χ1v) is 10.9. The summed E-state index contributed by atoms with van der Waals surface area (Å²) in [6.45, 7) is 6.37. The topological polar surface area (TPSA) is 55.4 Å². The van der Waals surface area contributed by atoms with E-state index < -0.39 is 0 Å². The van der Waals surface area contributed by atoms with Gasteiger partial charge in [0.2, 0.25) is 0 Å². The number of nitrogens with zero attached hydrogens (tertiary/aromatic N) is 5. The highest BCUT2D eigenvalue weighted by molar-refractivity contribution is 5.95. The lowest BCUT2D eigenvalue weighted by atomic mass is 9.96. The second-order valence-electron chi connectivity index (χ2n) is 8.43. The minimum Gasteiger partial charge on any atom is -0.344 e. The molecular formula is C25H27N5O. The van der Waals surface area contributed by atoms with E-state index in [1.54, 1.807) is 0 Å². The van der Waals surface area contributed by atoms with Gasteiger partial charge in [-0.1, -0.05) is 36.4 Å². The van der Waals surface area contributed by atoms with Gasteiger partial charge in [-0.05, 0) is 50.5 Å². The predicted molar refractivity (Wildman–Crippen MR) is 120 cm³/mol. The van der Waals surface area contributed by atoms with Gasteiger partial charge in [-0.3, -0.25) is 9.20 Å². The van der Waals surface area contributed by atoms with E-state index in [1.807, 2.05) is 45.8 Å². The van der Waals surface area contributed by atoms with E-state index in [-0.39, 0.29) is 11.8 Å². The number of likely N-dealkylation sites (tertiary alicyclic amines) is 1. The fourth-order valence-corrected chi connectivity index (χ4v) is 4.71. The lowest BCUT2D eigenvalue weighted by Crippen LogP contribution is -2.39. The second-order valence-corrected chi connectivity index (χ2v) is 8.43. The highest BCUT2D eigenvalue weighted by Gasteiger charge is 2.30. The molecular weight excluding hydrogens is 386 g/mol. The first-order valence-electron chi connectivity index (χ1n) is 10.9. The van der Waals surface area contributed by atoms with Crippen molar-refractivity contribution in [2.45, 2.75) is 39.2 Å². The van der Waals surface area contributed by atoms with E-state index >= 15 is 0 Å². The summed E-state index contributed by atoms with van der Waals surface area (Å²) >= 11 is 0. The Morgan fingerprint density at radius 1 is 1.06 bits per heavy atom. The van der Waals surface area contributed by atoms with Gasteiger partial charge < -0.3 is 9.47 Å². The largest absolute Gasteiger partial charge is 0.344 e. The minimum absolute atomic E-state index is 0.117. The Labute approximate surface area is 182 Å². The van der Waals surface area contributed by atoms with Crippen molar-refractivity contribution in [3.8, 4) is 0 Å². The van der Waals surface area contributed by atoms with Gasteiger partial charge in [0.25, 0.3) is 5.91 Å². The summed E-state index contributed by atoms with van der Waals surface area (Å²) in [6, 6.07) is 18.3. The van der Waals surface area contributed by atoms with Gasteiger partial charge in [-0.2, -0.15) is 0 Å². The Bertz CT molecular complexity index is 1220. The Morgan fingerprint density at radius 3 is 2.71 bits per heavy atom. The molecule has 0 radical (unpaired) electrons. The molecule has 31 heavy (non-hydrogen) atoms. The number of amides is 1. The van der Waals surface area contributed by atoms with Crippen LogP contribution in [-0.4, -0.2) is 43.1 Å². The summed E-state index contributed by atoms with van der Waals surface area (Å²) in [5.41, 5.74) is 5.04. The minimum atomic E-state index is 0.117. The normalized spacial score (nSPS) is 16.7. The van der Waals surface area contributed by atoms with Crippen LogP contribution in [0.3, 0.4) is 0 Å². The van der Waals surface area contributed by atoms with Gasteiger partial charge >= 0.3 is 0 Å². The first-order chi connectivity index (χ1) is 15.1. The summed E-state index contributed by atoms with van der Waals surface area (Å²) in [5, 5.41) is 8.74. The van der Waals surface area contributed by atoms with Crippen LogP contribution in [0.15, 0.2) is 60.8 Å². The molecule has 6 nitrogen and oxygen atoms in total. The molecule has 6 heteroatoms. The number of aryl methyl sites for hydroxylation is 1. The molecule has 1 aliphatic heterocycles. The SMILES string of the molecule is Cc1cc(C(=O)N2CCC[C@H](c3nnc4ccccn34)C2)c(C)n1Cc1ccccc1. The summed E-state index contributed by atoms with van der Waals surface area (Å²) in [7, 11) is 0. The molecule has 1 atom stereocenters. The zero-order chi connectivity index (χ0) is 21.4. The molecule has 0 aliphatic carbocycles. The molecule has 0 N–H and O–H groups in total. The van der Waals surface area contributed by atoms with Crippen molar-refractivity contribution in [2.24, 2.45) is 0 Å². The van der Waals surface area contributed by atoms with Crippen molar-refractivity contribution in [3.05, 3.63) is 89.1 Å². The van der Waals surface area contributed by atoms with Gasteiger partial charge in [0.05, 0.1) is 5.56 Å². The summed E-state index contributed by atoms with van der Waals surface area (Å²) in [6.07, 6.45) is 4.00. The number of rotatable bonds is 4. The van der Waals surface area contributed by atoms with Crippen LogP contribution in [0, 0.1) is 13.8 Å². The maximum absolute atomic E-state index is 13.5. The average Bonchev–Trinajstić information content (AvgIpc) is 3.36. The Balaban J connectivity index is 1.38. The molecule has 0 spiro atoms. The van der Waals surface area contributed by atoms with Gasteiger partial charge in [-0.25, -0.2) is 0 Å². The van der Waals surface area contributed by atoms with Crippen LogP contribution in [0.1, 0.15) is 51.9 Å². The molecule has 1 saturated heterocycles. The monoisotopic (exact) mass is 413 g/mol. The van der Waals surface area contributed by atoms with Crippen molar-refractivity contribution in [1.29, 1.82) is 0 Å². The van der Waals surface area contributed by atoms with Crippen LogP contribution in [-0.2, 0) is 6.54 Å². The first kappa shape index (κ1) is 19.5. The smallest absolute Gasteiger partial charge is 0.255 e. The van der Waals surface area contributed by atoms with Crippen molar-refractivity contribution in [2.75, 3.05) is 13.1 Å². The number of hydrogen-bond acceptors (Lipinski definition) is 3. The van der Waals surface area contributed by atoms with E-state index in [9.17, 15) is 4.79 Å². The van der Waals surface area contributed by atoms with Crippen LogP contribution in [0.5, 0.6) is 0 Å². The average molecular weight is 414 g/mol. The number of fused-ring (bicyclic) bond motifs is 1. The second kappa shape index (κ2) is 8.02. The maximum atomic E-state index is 13.5. The van der Waals surface area contributed by atoms with E-state index in [1.165, 1.54) is 5.56 Å². The van der Waals surface area contributed by atoms with Gasteiger partial charge in [0.15, 0.2) is 5.65 Å². The number of carbonyl (C=O) groups is 1. The molecule has 1 aliphatic rings. The summed E-state index contributed by atoms with van der Waals surface area (Å²) < 4.78 is 4.28. The molecule has 158 valence electrons. The highest BCUT2D eigenvalue weighted by atomic mass is 16.2. The Hall–Kier alpha value is -3.41. The lowest BCUT2D eigenvalue weighted by molar-refractivity contribution is 0.0703. The quantitative estimate of drug-likeness (QED) is 0.503. The molecule has 0 saturated carbocycles. The molecule has 4 heterocycles. The van der Waals surface area contributed by atoms with E-state index in [0.29, 0.717) is 6.54 Å². The molecule has 1 aromatic carbocycles. The van der Waals surface area contributed by atoms with Gasteiger partial charge in [0.1, 0.15) is 5.82 Å².